The van der Waals surface area contributed by atoms with Crippen LogP contribution in [-0.2, 0) is 6.54 Å². The molecule has 3 rings (SSSR count). The fourth-order valence-corrected chi connectivity index (χ4v) is 2.81. The van der Waals surface area contributed by atoms with Crippen molar-refractivity contribution in [2.24, 2.45) is 0 Å². The number of rotatable bonds is 3. The van der Waals surface area contributed by atoms with Gasteiger partial charge in [0.15, 0.2) is 0 Å². The molecule has 1 saturated heterocycles. The van der Waals surface area contributed by atoms with Crippen LogP contribution in [0.5, 0.6) is 0 Å². The van der Waals surface area contributed by atoms with E-state index in [9.17, 15) is 0 Å². The molecular formula is C16H20ClN3O. The quantitative estimate of drug-likeness (QED) is 0.854. The lowest BCUT2D eigenvalue weighted by atomic mass is 10.1. The molecule has 5 heteroatoms. The first kappa shape index (κ1) is 14.5. The minimum Gasteiger partial charge on any atom is -0.419 e. The summed E-state index contributed by atoms with van der Waals surface area (Å²) in [4.78, 5) is 2.41. The van der Waals surface area contributed by atoms with Gasteiger partial charge in [0.25, 0.3) is 0 Å². The second-order valence-corrected chi connectivity index (χ2v) is 5.99. The van der Waals surface area contributed by atoms with Crippen molar-refractivity contribution in [2.75, 3.05) is 13.1 Å². The maximum Gasteiger partial charge on any atom is 0.247 e. The highest BCUT2D eigenvalue weighted by Gasteiger charge is 2.14. The van der Waals surface area contributed by atoms with Gasteiger partial charge in [0.1, 0.15) is 0 Å². The third kappa shape index (κ3) is 4.05. The second kappa shape index (κ2) is 7.05. The van der Waals surface area contributed by atoms with Gasteiger partial charge >= 0.3 is 0 Å². The van der Waals surface area contributed by atoms with Gasteiger partial charge in [0, 0.05) is 10.6 Å². The average molecular weight is 306 g/mol. The second-order valence-electron chi connectivity index (χ2n) is 5.55. The highest BCUT2D eigenvalue weighted by Crippen LogP contribution is 2.21. The molecule has 0 N–H and O–H groups in total. The predicted octanol–water partition coefficient (Wildman–Crippen LogP) is 4.16. The SMILES string of the molecule is Clc1ccc(-c2nnc(CN3CCCCCCC3)o2)cc1. The van der Waals surface area contributed by atoms with Gasteiger partial charge < -0.3 is 4.42 Å². The number of hydrogen-bond acceptors (Lipinski definition) is 4. The van der Waals surface area contributed by atoms with Crippen molar-refractivity contribution in [1.82, 2.24) is 15.1 Å². The smallest absolute Gasteiger partial charge is 0.247 e. The molecule has 2 heterocycles. The van der Waals surface area contributed by atoms with E-state index in [4.69, 9.17) is 16.0 Å². The Morgan fingerprint density at radius 3 is 2.33 bits per heavy atom. The van der Waals surface area contributed by atoms with Crippen molar-refractivity contribution in [3.05, 3.63) is 35.2 Å². The van der Waals surface area contributed by atoms with E-state index in [1.165, 1.54) is 32.1 Å². The van der Waals surface area contributed by atoms with Gasteiger partial charge in [-0.3, -0.25) is 4.90 Å². The average Bonchev–Trinajstić information content (AvgIpc) is 2.91. The van der Waals surface area contributed by atoms with Crippen LogP contribution in [-0.4, -0.2) is 28.2 Å². The van der Waals surface area contributed by atoms with Gasteiger partial charge in [-0.2, -0.15) is 0 Å². The number of nitrogens with zero attached hydrogens (tertiary/aromatic N) is 3. The predicted molar refractivity (Wildman–Crippen MR) is 83.1 cm³/mol. The molecule has 0 aliphatic carbocycles. The molecule has 4 nitrogen and oxygen atoms in total. The highest BCUT2D eigenvalue weighted by molar-refractivity contribution is 6.30. The molecule has 0 spiro atoms. The molecule has 1 aromatic heterocycles. The molecule has 0 amide bonds. The summed E-state index contributed by atoms with van der Waals surface area (Å²) < 4.78 is 5.78. The van der Waals surface area contributed by atoms with Crippen LogP contribution in [0.4, 0.5) is 0 Å². The zero-order valence-corrected chi connectivity index (χ0v) is 12.9. The third-order valence-electron chi connectivity index (χ3n) is 3.87. The van der Waals surface area contributed by atoms with Gasteiger partial charge in [-0.25, -0.2) is 0 Å². The van der Waals surface area contributed by atoms with Gasteiger partial charge in [0.2, 0.25) is 11.8 Å². The Kier molecular flexibility index (Phi) is 4.88. The zero-order valence-electron chi connectivity index (χ0n) is 12.1. The fourth-order valence-electron chi connectivity index (χ4n) is 2.69. The summed E-state index contributed by atoms with van der Waals surface area (Å²) >= 11 is 5.89. The van der Waals surface area contributed by atoms with Crippen molar-refractivity contribution >= 4 is 11.6 Å². The molecule has 0 atom stereocenters. The summed E-state index contributed by atoms with van der Waals surface area (Å²) in [6.07, 6.45) is 6.55. The summed E-state index contributed by atoms with van der Waals surface area (Å²) in [6, 6.07) is 7.46. The van der Waals surface area contributed by atoms with Crippen LogP contribution in [0.1, 0.15) is 38.0 Å². The maximum atomic E-state index is 5.89. The number of halogens is 1. The molecule has 1 aromatic carbocycles. The molecule has 21 heavy (non-hydrogen) atoms. The molecular weight excluding hydrogens is 286 g/mol. The lowest BCUT2D eigenvalue weighted by Gasteiger charge is -2.22. The van der Waals surface area contributed by atoms with E-state index in [2.05, 4.69) is 15.1 Å². The summed E-state index contributed by atoms with van der Waals surface area (Å²) in [5, 5.41) is 9.02. The molecule has 1 aliphatic rings. The first-order chi connectivity index (χ1) is 10.3. The maximum absolute atomic E-state index is 5.89. The Bertz CT molecular complexity index is 559. The molecule has 2 aromatic rings. The number of hydrogen-bond donors (Lipinski definition) is 0. The van der Waals surface area contributed by atoms with Crippen LogP contribution in [0, 0.1) is 0 Å². The van der Waals surface area contributed by atoms with Gasteiger partial charge in [0.05, 0.1) is 6.54 Å². The van der Waals surface area contributed by atoms with Gasteiger partial charge in [-0.05, 0) is 50.2 Å². The Balaban J connectivity index is 1.65. The Morgan fingerprint density at radius 2 is 1.62 bits per heavy atom. The van der Waals surface area contributed by atoms with E-state index in [-0.39, 0.29) is 0 Å². The number of aromatic nitrogens is 2. The van der Waals surface area contributed by atoms with Crippen molar-refractivity contribution in [3.8, 4) is 11.5 Å². The molecule has 1 aliphatic heterocycles. The Labute approximate surface area is 130 Å². The van der Waals surface area contributed by atoms with Crippen molar-refractivity contribution < 1.29 is 4.42 Å². The van der Waals surface area contributed by atoms with E-state index < -0.39 is 0 Å². The monoisotopic (exact) mass is 305 g/mol. The third-order valence-corrected chi connectivity index (χ3v) is 4.12. The molecule has 112 valence electrons. The lowest BCUT2D eigenvalue weighted by molar-refractivity contribution is 0.219. The number of likely N-dealkylation sites (tertiary alicyclic amines) is 1. The van der Waals surface area contributed by atoms with Crippen molar-refractivity contribution in [2.45, 2.75) is 38.6 Å². The van der Waals surface area contributed by atoms with E-state index in [0.717, 1.165) is 25.2 Å². The first-order valence-electron chi connectivity index (χ1n) is 7.62. The topological polar surface area (TPSA) is 42.2 Å². The van der Waals surface area contributed by atoms with Crippen molar-refractivity contribution in [3.63, 3.8) is 0 Å². The zero-order chi connectivity index (χ0) is 14.5. The van der Waals surface area contributed by atoms with E-state index in [0.29, 0.717) is 16.8 Å². The van der Waals surface area contributed by atoms with Gasteiger partial charge in [-0.15, -0.1) is 10.2 Å². The molecule has 0 unspecified atom stereocenters. The summed E-state index contributed by atoms with van der Waals surface area (Å²) in [7, 11) is 0. The molecule has 0 saturated carbocycles. The summed E-state index contributed by atoms with van der Waals surface area (Å²) in [6.45, 7) is 3.00. The number of benzene rings is 1. The highest BCUT2D eigenvalue weighted by atomic mass is 35.5. The first-order valence-corrected chi connectivity index (χ1v) is 8.00. The van der Waals surface area contributed by atoms with E-state index >= 15 is 0 Å². The minimum atomic E-state index is 0.564. The lowest BCUT2D eigenvalue weighted by Crippen LogP contribution is -2.27. The Hall–Kier alpha value is -1.39. The normalized spacial score (nSPS) is 17.4. The molecule has 1 fully saturated rings. The van der Waals surface area contributed by atoms with Crippen LogP contribution < -0.4 is 0 Å². The van der Waals surface area contributed by atoms with E-state index in [1.54, 1.807) is 0 Å². The van der Waals surface area contributed by atoms with E-state index in [1.807, 2.05) is 24.3 Å². The van der Waals surface area contributed by atoms with Crippen LogP contribution in [0.15, 0.2) is 28.7 Å². The van der Waals surface area contributed by atoms with Crippen LogP contribution >= 0.6 is 11.6 Å². The largest absolute Gasteiger partial charge is 0.419 e. The standard InChI is InChI=1S/C16H20ClN3O/c17-14-8-6-13(7-9-14)16-19-18-15(21-16)12-20-10-4-2-1-3-5-11-20/h6-9H,1-5,10-12H2. The van der Waals surface area contributed by atoms with Crippen LogP contribution in [0.2, 0.25) is 5.02 Å². The van der Waals surface area contributed by atoms with Crippen LogP contribution in [0.3, 0.4) is 0 Å². The summed E-state index contributed by atoms with van der Waals surface area (Å²) in [5.74, 6) is 1.26. The van der Waals surface area contributed by atoms with Crippen LogP contribution in [0.25, 0.3) is 11.5 Å². The van der Waals surface area contributed by atoms with Gasteiger partial charge in [-0.1, -0.05) is 30.9 Å². The summed E-state index contributed by atoms with van der Waals surface area (Å²) in [5.41, 5.74) is 0.908. The minimum absolute atomic E-state index is 0.564. The Morgan fingerprint density at radius 1 is 0.952 bits per heavy atom. The molecule has 0 radical (unpaired) electrons. The fraction of sp³-hybridized carbons (Fsp3) is 0.500. The van der Waals surface area contributed by atoms with Crippen molar-refractivity contribution in [1.29, 1.82) is 0 Å². The molecule has 0 bridgehead atoms.